The van der Waals surface area contributed by atoms with Crippen molar-refractivity contribution in [1.82, 2.24) is 0 Å². The summed E-state index contributed by atoms with van der Waals surface area (Å²) in [7, 11) is 0. The summed E-state index contributed by atoms with van der Waals surface area (Å²) < 4.78 is 5.44. The molecule has 0 radical (unpaired) electrons. The highest BCUT2D eigenvalue weighted by Gasteiger charge is 2.16. The first-order chi connectivity index (χ1) is 15.6. The normalized spacial score (nSPS) is 12.8. The number of aryl methyl sites for hydroxylation is 1. The molecule has 0 bridgehead atoms. The lowest BCUT2D eigenvalue weighted by atomic mass is 10.1. The van der Waals surface area contributed by atoms with E-state index >= 15 is 0 Å². The standard InChI is InChI=1S/C26H25N3O2S/c1-3-31-21-14-12-20(13-15-21)27-25(30)17-32-26-16-24(19-10-8-18(2)9-11-19)28-22-6-4-5-7-23(22)29-26/h4-15H,3,16-17H2,1-2H3,(H,27,30). The Morgan fingerprint density at radius 1 is 0.969 bits per heavy atom. The number of hydrogen-bond acceptors (Lipinski definition) is 5. The van der Waals surface area contributed by atoms with Gasteiger partial charge in [0.1, 0.15) is 5.75 Å². The first-order valence-electron chi connectivity index (χ1n) is 10.6. The summed E-state index contributed by atoms with van der Waals surface area (Å²) in [6, 6.07) is 23.6. The summed E-state index contributed by atoms with van der Waals surface area (Å²) in [6.45, 7) is 4.62. The molecule has 1 aliphatic rings. The molecule has 0 saturated heterocycles. The third-order valence-corrected chi connectivity index (χ3v) is 5.88. The van der Waals surface area contributed by atoms with Gasteiger partial charge in [0, 0.05) is 12.1 Å². The van der Waals surface area contributed by atoms with Crippen LogP contribution in [0.5, 0.6) is 5.75 Å². The Labute approximate surface area is 192 Å². The van der Waals surface area contributed by atoms with Gasteiger partial charge in [0.15, 0.2) is 0 Å². The number of rotatable bonds is 6. The molecule has 162 valence electrons. The third-order valence-electron chi connectivity index (χ3n) is 4.90. The minimum absolute atomic E-state index is 0.0757. The monoisotopic (exact) mass is 443 g/mol. The molecule has 1 aliphatic heterocycles. The number of ether oxygens (including phenoxy) is 1. The van der Waals surface area contributed by atoms with Crippen molar-refractivity contribution >= 4 is 45.5 Å². The minimum Gasteiger partial charge on any atom is -0.494 e. The van der Waals surface area contributed by atoms with Gasteiger partial charge in [-0.1, -0.05) is 42.0 Å². The van der Waals surface area contributed by atoms with E-state index in [1.165, 1.54) is 17.3 Å². The van der Waals surface area contributed by atoms with Crippen LogP contribution in [0.2, 0.25) is 0 Å². The van der Waals surface area contributed by atoms with E-state index < -0.39 is 0 Å². The van der Waals surface area contributed by atoms with Crippen molar-refractivity contribution < 1.29 is 9.53 Å². The lowest BCUT2D eigenvalue weighted by molar-refractivity contribution is -0.113. The van der Waals surface area contributed by atoms with E-state index in [1.807, 2.05) is 55.5 Å². The fourth-order valence-electron chi connectivity index (χ4n) is 3.30. The second-order valence-corrected chi connectivity index (χ2v) is 8.44. The molecular weight excluding hydrogens is 418 g/mol. The van der Waals surface area contributed by atoms with Crippen molar-refractivity contribution in [3.63, 3.8) is 0 Å². The largest absolute Gasteiger partial charge is 0.494 e. The summed E-state index contributed by atoms with van der Waals surface area (Å²) >= 11 is 1.45. The summed E-state index contributed by atoms with van der Waals surface area (Å²) in [6.07, 6.45) is 0.582. The molecule has 3 aromatic carbocycles. The number of thioether (sulfide) groups is 1. The molecule has 0 saturated carbocycles. The van der Waals surface area contributed by atoms with Crippen LogP contribution in [0.4, 0.5) is 17.1 Å². The Hall–Kier alpha value is -3.38. The van der Waals surface area contributed by atoms with Crippen molar-refractivity contribution in [1.29, 1.82) is 0 Å². The number of carbonyl (C=O) groups excluding carboxylic acids is 1. The lowest BCUT2D eigenvalue weighted by Gasteiger charge is -2.09. The smallest absolute Gasteiger partial charge is 0.234 e. The van der Waals surface area contributed by atoms with Gasteiger partial charge >= 0.3 is 0 Å². The number of nitrogens with zero attached hydrogens (tertiary/aromatic N) is 2. The zero-order valence-corrected chi connectivity index (χ0v) is 19.0. The van der Waals surface area contributed by atoms with Crippen LogP contribution in [0.3, 0.4) is 0 Å². The molecule has 3 aromatic rings. The van der Waals surface area contributed by atoms with E-state index in [2.05, 4.69) is 36.5 Å². The second kappa shape index (κ2) is 10.3. The maximum absolute atomic E-state index is 12.5. The van der Waals surface area contributed by atoms with Gasteiger partial charge in [-0.15, -0.1) is 11.8 Å². The van der Waals surface area contributed by atoms with Crippen LogP contribution in [-0.4, -0.2) is 29.0 Å². The molecule has 0 aromatic heterocycles. The van der Waals surface area contributed by atoms with Crippen molar-refractivity contribution in [2.75, 3.05) is 17.7 Å². The van der Waals surface area contributed by atoms with E-state index in [0.717, 1.165) is 39.1 Å². The molecule has 5 nitrogen and oxygen atoms in total. The molecule has 0 aliphatic carbocycles. The minimum atomic E-state index is -0.0757. The zero-order chi connectivity index (χ0) is 22.3. The number of fused-ring (bicyclic) bond motifs is 1. The Kier molecular flexibility index (Phi) is 7.02. The lowest BCUT2D eigenvalue weighted by Crippen LogP contribution is -2.16. The van der Waals surface area contributed by atoms with Crippen LogP contribution < -0.4 is 10.1 Å². The molecule has 1 N–H and O–H groups in total. The summed E-state index contributed by atoms with van der Waals surface area (Å²) in [5.74, 6) is 0.984. The van der Waals surface area contributed by atoms with Crippen LogP contribution in [0.25, 0.3) is 0 Å². The molecule has 0 atom stereocenters. The van der Waals surface area contributed by atoms with E-state index in [4.69, 9.17) is 14.7 Å². The quantitative estimate of drug-likeness (QED) is 0.485. The van der Waals surface area contributed by atoms with Gasteiger partial charge in [-0.3, -0.25) is 9.79 Å². The highest BCUT2D eigenvalue weighted by Crippen LogP contribution is 2.33. The Morgan fingerprint density at radius 3 is 2.34 bits per heavy atom. The van der Waals surface area contributed by atoms with Gasteiger partial charge in [-0.2, -0.15) is 0 Å². The highest BCUT2D eigenvalue weighted by atomic mass is 32.2. The van der Waals surface area contributed by atoms with E-state index in [1.54, 1.807) is 0 Å². The maximum Gasteiger partial charge on any atom is 0.234 e. The first kappa shape index (κ1) is 21.8. The van der Waals surface area contributed by atoms with Gasteiger partial charge < -0.3 is 10.1 Å². The number of carbonyl (C=O) groups is 1. The van der Waals surface area contributed by atoms with E-state index in [-0.39, 0.29) is 11.7 Å². The molecular formula is C26H25N3O2S. The topological polar surface area (TPSA) is 63.0 Å². The maximum atomic E-state index is 12.5. The van der Waals surface area contributed by atoms with Crippen LogP contribution in [0.1, 0.15) is 24.5 Å². The fraction of sp³-hybridized carbons (Fsp3) is 0.192. The number of anilines is 1. The van der Waals surface area contributed by atoms with Crippen LogP contribution >= 0.6 is 11.8 Å². The van der Waals surface area contributed by atoms with Crippen molar-refractivity contribution in [2.45, 2.75) is 20.3 Å². The van der Waals surface area contributed by atoms with Gasteiger partial charge in [-0.05, 0) is 55.8 Å². The predicted molar refractivity (Wildman–Crippen MR) is 134 cm³/mol. The van der Waals surface area contributed by atoms with E-state index in [0.29, 0.717) is 13.0 Å². The van der Waals surface area contributed by atoms with Gasteiger partial charge in [0.05, 0.1) is 34.5 Å². The molecule has 1 amide bonds. The molecule has 4 rings (SSSR count). The summed E-state index contributed by atoms with van der Waals surface area (Å²) in [5, 5.41) is 3.81. The first-order valence-corrected chi connectivity index (χ1v) is 11.6. The summed E-state index contributed by atoms with van der Waals surface area (Å²) in [4.78, 5) is 22.2. The number of aliphatic imine (C=N–C) groups is 2. The number of amides is 1. The van der Waals surface area contributed by atoms with Gasteiger partial charge in [0.2, 0.25) is 5.91 Å². The number of para-hydroxylation sites is 2. The number of benzene rings is 3. The number of hydrogen-bond donors (Lipinski definition) is 1. The molecule has 32 heavy (non-hydrogen) atoms. The molecule has 6 heteroatoms. The van der Waals surface area contributed by atoms with Gasteiger partial charge in [0.25, 0.3) is 0 Å². The Bertz CT molecular complexity index is 1150. The number of nitrogens with one attached hydrogen (secondary N) is 1. The van der Waals surface area contributed by atoms with Crippen molar-refractivity contribution in [3.8, 4) is 5.75 Å². The Balaban J connectivity index is 1.46. The van der Waals surface area contributed by atoms with Crippen molar-refractivity contribution in [2.24, 2.45) is 9.98 Å². The van der Waals surface area contributed by atoms with Crippen LogP contribution in [-0.2, 0) is 4.79 Å². The fourth-order valence-corrected chi connectivity index (χ4v) is 4.07. The zero-order valence-electron chi connectivity index (χ0n) is 18.2. The molecule has 0 spiro atoms. The molecule has 1 heterocycles. The Morgan fingerprint density at radius 2 is 1.66 bits per heavy atom. The molecule has 0 fully saturated rings. The third kappa shape index (κ3) is 5.65. The molecule has 0 unspecified atom stereocenters. The van der Waals surface area contributed by atoms with Crippen LogP contribution in [0, 0.1) is 6.92 Å². The average molecular weight is 444 g/mol. The summed E-state index contributed by atoms with van der Waals surface area (Å²) in [5.41, 5.74) is 5.64. The van der Waals surface area contributed by atoms with Crippen molar-refractivity contribution in [3.05, 3.63) is 83.9 Å². The predicted octanol–water partition coefficient (Wildman–Crippen LogP) is 6.32. The van der Waals surface area contributed by atoms with E-state index in [9.17, 15) is 4.79 Å². The highest BCUT2D eigenvalue weighted by molar-refractivity contribution is 8.14. The van der Waals surface area contributed by atoms with Gasteiger partial charge in [-0.25, -0.2) is 4.99 Å². The second-order valence-electron chi connectivity index (χ2n) is 7.39. The SMILES string of the molecule is CCOc1ccc(NC(=O)CSC2=Nc3ccccc3N=C(c3ccc(C)cc3)C2)cc1. The average Bonchev–Trinajstić information content (AvgIpc) is 2.99. The van der Waals surface area contributed by atoms with Crippen LogP contribution in [0.15, 0.2) is 82.8 Å².